The molecule has 0 aliphatic heterocycles. The van der Waals surface area contributed by atoms with Crippen LogP contribution in [0.2, 0.25) is 0 Å². The fraction of sp³-hybridized carbons (Fsp3) is 0.263. The Morgan fingerprint density at radius 2 is 1.87 bits per heavy atom. The molecule has 0 fully saturated rings. The van der Waals surface area contributed by atoms with Crippen molar-refractivity contribution in [2.24, 2.45) is 0 Å². The maximum absolute atomic E-state index is 14.2. The summed E-state index contributed by atoms with van der Waals surface area (Å²) in [6.07, 6.45) is -2.65. The molecule has 0 spiro atoms. The zero-order chi connectivity index (χ0) is 21.5. The Kier molecular flexibility index (Phi) is 4.96. The number of imidazole rings is 1. The number of halogens is 5. The SMILES string of the molecule is O=c1cc(Cn2c(CCCC(F)(F)F)nc3nccnc32)c2ccc(F)c(F)c2[nH]1. The molecule has 1 aromatic carbocycles. The predicted octanol–water partition coefficient (Wildman–Crippen LogP) is 3.88. The lowest BCUT2D eigenvalue weighted by Crippen LogP contribution is -2.13. The summed E-state index contributed by atoms with van der Waals surface area (Å²) in [6, 6.07) is 3.49. The summed E-state index contributed by atoms with van der Waals surface area (Å²) in [5, 5.41) is 0.264. The van der Waals surface area contributed by atoms with Crippen molar-refractivity contribution in [2.75, 3.05) is 0 Å². The first-order chi connectivity index (χ1) is 14.2. The zero-order valence-electron chi connectivity index (χ0n) is 15.3. The van der Waals surface area contributed by atoms with E-state index in [-0.39, 0.29) is 35.9 Å². The van der Waals surface area contributed by atoms with Crippen molar-refractivity contribution < 1.29 is 22.0 Å². The topological polar surface area (TPSA) is 76.5 Å². The van der Waals surface area contributed by atoms with E-state index in [1.165, 1.54) is 29.1 Å². The van der Waals surface area contributed by atoms with E-state index < -0.39 is 29.8 Å². The van der Waals surface area contributed by atoms with Crippen molar-refractivity contribution in [1.29, 1.82) is 0 Å². The van der Waals surface area contributed by atoms with Crippen LogP contribution >= 0.6 is 0 Å². The van der Waals surface area contributed by atoms with Crippen LogP contribution in [0.3, 0.4) is 0 Å². The molecule has 0 radical (unpaired) electrons. The predicted molar refractivity (Wildman–Crippen MR) is 97.9 cm³/mol. The van der Waals surface area contributed by atoms with Crippen molar-refractivity contribution >= 4 is 22.2 Å². The van der Waals surface area contributed by atoms with Gasteiger partial charge in [0.2, 0.25) is 5.56 Å². The third-order valence-electron chi connectivity index (χ3n) is 4.65. The Hall–Kier alpha value is -3.37. The summed E-state index contributed by atoms with van der Waals surface area (Å²) in [7, 11) is 0. The molecule has 0 saturated heterocycles. The molecule has 0 bridgehead atoms. The molecule has 0 atom stereocenters. The number of benzene rings is 1. The van der Waals surface area contributed by atoms with Crippen LogP contribution in [-0.4, -0.2) is 30.7 Å². The molecule has 156 valence electrons. The van der Waals surface area contributed by atoms with Gasteiger partial charge in [0.15, 0.2) is 22.9 Å². The van der Waals surface area contributed by atoms with E-state index in [0.717, 1.165) is 6.07 Å². The fourth-order valence-corrected chi connectivity index (χ4v) is 3.34. The second-order valence-corrected chi connectivity index (χ2v) is 6.73. The van der Waals surface area contributed by atoms with E-state index in [1.807, 2.05) is 0 Å². The van der Waals surface area contributed by atoms with Crippen molar-refractivity contribution in [3.63, 3.8) is 0 Å². The van der Waals surface area contributed by atoms with Gasteiger partial charge in [0.05, 0.1) is 12.1 Å². The quantitative estimate of drug-likeness (QED) is 0.495. The van der Waals surface area contributed by atoms with Gasteiger partial charge in [0.25, 0.3) is 0 Å². The van der Waals surface area contributed by atoms with Gasteiger partial charge in [0.1, 0.15) is 5.82 Å². The molecule has 0 saturated carbocycles. The van der Waals surface area contributed by atoms with Gasteiger partial charge in [-0.1, -0.05) is 0 Å². The van der Waals surface area contributed by atoms with Gasteiger partial charge >= 0.3 is 6.18 Å². The molecule has 4 aromatic rings. The highest BCUT2D eigenvalue weighted by Crippen LogP contribution is 2.25. The van der Waals surface area contributed by atoms with E-state index in [0.29, 0.717) is 17.0 Å². The normalized spacial score (nSPS) is 12.2. The molecule has 1 N–H and O–H groups in total. The van der Waals surface area contributed by atoms with Gasteiger partial charge in [-0.2, -0.15) is 13.2 Å². The maximum atomic E-state index is 14.2. The minimum Gasteiger partial charge on any atom is -0.319 e. The van der Waals surface area contributed by atoms with E-state index in [9.17, 15) is 26.7 Å². The third kappa shape index (κ3) is 3.87. The smallest absolute Gasteiger partial charge is 0.319 e. The number of hydrogen-bond donors (Lipinski definition) is 1. The number of fused-ring (bicyclic) bond motifs is 2. The summed E-state index contributed by atoms with van der Waals surface area (Å²) in [5.74, 6) is -1.99. The third-order valence-corrected chi connectivity index (χ3v) is 4.65. The van der Waals surface area contributed by atoms with Crippen LogP contribution in [0, 0.1) is 11.6 Å². The molecule has 11 heteroatoms. The Morgan fingerprint density at radius 1 is 1.10 bits per heavy atom. The summed E-state index contributed by atoms with van der Waals surface area (Å²) < 4.78 is 66.9. The number of pyridine rings is 1. The molecule has 0 aliphatic rings. The standard InChI is InChI=1S/C19H14F5N5O/c20-12-4-3-11-10(8-14(30)28-16(11)15(12)21)9-29-13(2-1-5-19(22,23)24)27-17-18(29)26-7-6-25-17/h3-4,6-8H,1-2,5,9H2,(H,28,30). The van der Waals surface area contributed by atoms with Crippen molar-refractivity contribution in [3.05, 3.63) is 64.0 Å². The van der Waals surface area contributed by atoms with Crippen molar-refractivity contribution in [1.82, 2.24) is 24.5 Å². The summed E-state index contributed by atoms with van der Waals surface area (Å²) in [6.45, 7) is -0.0258. The Balaban J connectivity index is 1.79. The van der Waals surface area contributed by atoms with Crippen LogP contribution in [0.1, 0.15) is 24.2 Å². The lowest BCUT2D eigenvalue weighted by atomic mass is 10.1. The molecule has 3 heterocycles. The first-order valence-electron chi connectivity index (χ1n) is 8.96. The van der Waals surface area contributed by atoms with Crippen LogP contribution in [-0.2, 0) is 13.0 Å². The highest BCUT2D eigenvalue weighted by Gasteiger charge is 2.27. The summed E-state index contributed by atoms with van der Waals surface area (Å²) >= 11 is 0. The minimum absolute atomic E-state index is 0.00165. The Bertz CT molecular complexity index is 1290. The zero-order valence-corrected chi connectivity index (χ0v) is 15.3. The van der Waals surface area contributed by atoms with E-state index in [4.69, 9.17) is 0 Å². The lowest BCUT2D eigenvalue weighted by Gasteiger charge is -2.12. The number of aromatic amines is 1. The second kappa shape index (κ2) is 7.47. The van der Waals surface area contributed by atoms with Crippen LogP contribution < -0.4 is 5.56 Å². The highest BCUT2D eigenvalue weighted by molar-refractivity contribution is 5.82. The Morgan fingerprint density at radius 3 is 2.63 bits per heavy atom. The number of nitrogens with one attached hydrogen (secondary N) is 1. The number of nitrogens with zero attached hydrogens (tertiary/aromatic N) is 4. The number of aromatic nitrogens is 5. The van der Waals surface area contributed by atoms with E-state index >= 15 is 0 Å². The van der Waals surface area contributed by atoms with Gasteiger partial charge in [-0.15, -0.1) is 0 Å². The second-order valence-electron chi connectivity index (χ2n) is 6.73. The van der Waals surface area contributed by atoms with Crippen LogP contribution in [0.5, 0.6) is 0 Å². The lowest BCUT2D eigenvalue weighted by molar-refractivity contribution is -0.135. The van der Waals surface area contributed by atoms with Gasteiger partial charge in [-0.3, -0.25) is 4.79 Å². The summed E-state index contributed by atoms with van der Waals surface area (Å²) in [5.41, 5.74) is -0.0289. The number of H-pyrrole nitrogens is 1. The average molecular weight is 423 g/mol. The molecular formula is C19H14F5N5O. The van der Waals surface area contributed by atoms with Gasteiger partial charge in [-0.25, -0.2) is 23.7 Å². The molecule has 6 nitrogen and oxygen atoms in total. The fourth-order valence-electron chi connectivity index (χ4n) is 3.34. The van der Waals surface area contributed by atoms with Gasteiger partial charge in [-0.05, 0) is 24.1 Å². The molecule has 0 unspecified atom stereocenters. The first-order valence-corrected chi connectivity index (χ1v) is 8.96. The molecule has 0 aliphatic carbocycles. The van der Waals surface area contributed by atoms with E-state index in [1.54, 1.807) is 0 Å². The van der Waals surface area contributed by atoms with Crippen molar-refractivity contribution in [2.45, 2.75) is 32.0 Å². The summed E-state index contributed by atoms with van der Waals surface area (Å²) in [4.78, 5) is 26.8. The van der Waals surface area contributed by atoms with Crippen LogP contribution in [0.4, 0.5) is 22.0 Å². The van der Waals surface area contributed by atoms with Crippen LogP contribution in [0.15, 0.2) is 35.4 Å². The highest BCUT2D eigenvalue weighted by atomic mass is 19.4. The number of alkyl halides is 3. The first kappa shape index (κ1) is 19.9. The molecule has 0 amide bonds. The number of hydrogen-bond acceptors (Lipinski definition) is 4. The van der Waals surface area contributed by atoms with E-state index in [2.05, 4.69) is 19.9 Å². The number of aryl methyl sites for hydroxylation is 1. The molecular weight excluding hydrogens is 409 g/mol. The minimum atomic E-state index is -4.29. The molecule has 4 rings (SSSR count). The van der Waals surface area contributed by atoms with Gasteiger partial charge < -0.3 is 9.55 Å². The molecule has 3 aromatic heterocycles. The maximum Gasteiger partial charge on any atom is 0.389 e. The molecule has 30 heavy (non-hydrogen) atoms. The average Bonchev–Trinajstić information content (AvgIpc) is 3.01. The monoisotopic (exact) mass is 423 g/mol. The van der Waals surface area contributed by atoms with Crippen LogP contribution in [0.25, 0.3) is 22.2 Å². The largest absolute Gasteiger partial charge is 0.389 e. The van der Waals surface area contributed by atoms with Crippen molar-refractivity contribution in [3.8, 4) is 0 Å². The van der Waals surface area contributed by atoms with Gasteiger partial charge in [0, 0.05) is 36.7 Å². The Labute approximate surface area is 165 Å². The number of rotatable bonds is 5.